The first kappa shape index (κ1) is 18.2. The molecule has 0 aliphatic carbocycles. The maximum atomic E-state index is 12.1. The van der Waals surface area contributed by atoms with Crippen molar-refractivity contribution < 1.29 is 9.53 Å². The highest BCUT2D eigenvalue weighted by molar-refractivity contribution is 5.73. The molecular weight excluding hydrogens is 318 g/mol. The second-order valence-electron chi connectivity index (χ2n) is 7.22. The molecule has 0 aromatic carbocycles. The summed E-state index contributed by atoms with van der Waals surface area (Å²) in [5.74, 6) is 1.03. The van der Waals surface area contributed by atoms with Crippen LogP contribution in [0.3, 0.4) is 0 Å². The van der Waals surface area contributed by atoms with Crippen LogP contribution in [0.25, 0.3) is 0 Å². The molecule has 7 heteroatoms. The summed E-state index contributed by atoms with van der Waals surface area (Å²) in [5.41, 5.74) is 0. The molecule has 140 valence electrons. The zero-order valence-corrected chi connectivity index (χ0v) is 15.6. The van der Waals surface area contributed by atoms with E-state index in [1.54, 1.807) is 4.90 Å². The van der Waals surface area contributed by atoms with Crippen molar-refractivity contribution in [3.05, 3.63) is 18.2 Å². The van der Waals surface area contributed by atoms with Gasteiger partial charge in [0.05, 0.1) is 0 Å². The summed E-state index contributed by atoms with van der Waals surface area (Å²) in [6, 6.07) is 0.843. The van der Waals surface area contributed by atoms with E-state index < -0.39 is 0 Å². The maximum absolute atomic E-state index is 12.1. The van der Waals surface area contributed by atoms with Crippen molar-refractivity contribution in [3.63, 3.8) is 0 Å². The zero-order valence-electron chi connectivity index (χ0n) is 15.6. The summed E-state index contributed by atoms with van der Waals surface area (Å²) in [6.07, 6.45) is 8.08. The van der Waals surface area contributed by atoms with E-state index in [-0.39, 0.29) is 12.1 Å². The summed E-state index contributed by atoms with van der Waals surface area (Å²) in [4.78, 5) is 20.2. The number of carbonyl (C=O) groups excluding carboxylic acids is 1. The summed E-state index contributed by atoms with van der Waals surface area (Å²) in [6.45, 7) is 5.48. The molecule has 0 unspecified atom stereocenters. The quantitative estimate of drug-likeness (QED) is 0.901. The lowest BCUT2D eigenvalue weighted by Crippen LogP contribution is -2.52. The highest BCUT2D eigenvalue weighted by atomic mass is 16.5. The number of nitrogens with one attached hydrogen (secondary N) is 1. The van der Waals surface area contributed by atoms with E-state index in [9.17, 15) is 4.79 Å². The zero-order chi connectivity index (χ0) is 17.8. The average molecular weight is 349 g/mol. The third-order valence-electron chi connectivity index (χ3n) is 5.26. The molecule has 1 N–H and O–H groups in total. The topological polar surface area (TPSA) is 62.6 Å². The van der Waals surface area contributed by atoms with E-state index >= 15 is 0 Å². The van der Waals surface area contributed by atoms with E-state index in [0.717, 1.165) is 57.7 Å². The first-order valence-corrected chi connectivity index (χ1v) is 9.45. The Morgan fingerprint density at radius 3 is 2.80 bits per heavy atom. The number of amides is 2. The van der Waals surface area contributed by atoms with Gasteiger partial charge in [0, 0.05) is 64.8 Å². The van der Waals surface area contributed by atoms with Gasteiger partial charge in [-0.15, -0.1) is 0 Å². The van der Waals surface area contributed by atoms with Crippen LogP contribution in [0.15, 0.2) is 12.4 Å². The molecule has 1 aromatic heterocycles. The van der Waals surface area contributed by atoms with E-state index in [1.165, 1.54) is 0 Å². The summed E-state index contributed by atoms with van der Waals surface area (Å²) in [5, 5.41) is 3.81. The Morgan fingerprint density at radius 1 is 1.36 bits per heavy atom. The number of likely N-dealkylation sites (tertiary alicyclic amines) is 1. The predicted octanol–water partition coefficient (Wildman–Crippen LogP) is 1.86. The summed E-state index contributed by atoms with van der Waals surface area (Å²) >= 11 is 0. The molecule has 2 saturated heterocycles. The molecule has 1 aromatic rings. The van der Waals surface area contributed by atoms with Gasteiger partial charge < -0.3 is 24.4 Å². The molecule has 0 spiro atoms. The van der Waals surface area contributed by atoms with Crippen LogP contribution in [-0.2, 0) is 11.3 Å². The molecule has 0 radical (unpaired) electrons. The van der Waals surface area contributed by atoms with Crippen LogP contribution in [0.5, 0.6) is 0 Å². The van der Waals surface area contributed by atoms with Crippen LogP contribution < -0.4 is 5.32 Å². The summed E-state index contributed by atoms with van der Waals surface area (Å²) < 4.78 is 8.26. The van der Waals surface area contributed by atoms with Gasteiger partial charge in [-0.3, -0.25) is 0 Å². The van der Waals surface area contributed by atoms with Crippen LogP contribution >= 0.6 is 0 Å². The first-order valence-electron chi connectivity index (χ1n) is 9.45. The first-order chi connectivity index (χ1) is 12.1. The van der Waals surface area contributed by atoms with Gasteiger partial charge >= 0.3 is 6.03 Å². The van der Waals surface area contributed by atoms with Crippen LogP contribution in [-0.4, -0.2) is 71.3 Å². The Kier molecular flexibility index (Phi) is 5.96. The molecule has 2 aliphatic rings. The molecule has 2 fully saturated rings. The monoisotopic (exact) mass is 349 g/mol. The Labute approximate surface area is 150 Å². The van der Waals surface area contributed by atoms with Crippen LogP contribution in [0, 0.1) is 0 Å². The fourth-order valence-electron chi connectivity index (χ4n) is 3.87. The van der Waals surface area contributed by atoms with Crippen molar-refractivity contribution in [2.45, 2.75) is 57.3 Å². The molecule has 7 nitrogen and oxygen atoms in total. The number of nitrogens with zero attached hydrogens (tertiary/aromatic N) is 4. The van der Waals surface area contributed by atoms with Gasteiger partial charge in [-0.05, 0) is 32.6 Å². The van der Waals surface area contributed by atoms with Crippen molar-refractivity contribution in [1.82, 2.24) is 24.7 Å². The number of hydrogen-bond acceptors (Lipinski definition) is 4. The fourth-order valence-corrected chi connectivity index (χ4v) is 3.87. The van der Waals surface area contributed by atoms with Gasteiger partial charge in [0.2, 0.25) is 0 Å². The lowest BCUT2D eigenvalue weighted by atomic mass is 9.97. The third kappa shape index (κ3) is 4.15. The number of carbonyl (C=O) groups is 1. The van der Waals surface area contributed by atoms with Crippen LogP contribution in [0.4, 0.5) is 4.79 Å². The largest absolute Gasteiger partial charge is 0.369 e. The molecular formula is C18H31N5O2. The lowest BCUT2D eigenvalue weighted by Gasteiger charge is -2.39. The van der Waals surface area contributed by atoms with Gasteiger partial charge in [-0.25, -0.2) is 9.78 Å². The molecule has 2 atom stereocenters. The second-order valence-corrected chi connectivity index (χ2v) is 7.22. The Morgan fingerprint density at radius 2 is 2.12 bits per heavy atom. The molecule has 2 amide bonds. The standard InChI is InChI=1S/C18H31N5O2/c1-4-22-12-9-19-17(22)16-15(6-5-13-25-16)20-14-7-10-23(11-8-14)18(24)21(2)3/h9,12,14-16,20H,4-8,10-11,13H2,1-3H3/t15-,16-/m0/s1. The van der Waals surface area contributed by atoms with E-state index in [0.29, 0.717) is 12.1 Å². The molecule has 2 aliphatic heterocycles. The third-order valence-corrected chi connectivity index (χ3v) is 5.26. The van der Waals surface area contributed by atoms with Gasteiger partial charge in [0.25, 0.3) is 0 Å². The SMILES string of the molecule is CCn1ccnc1[C@H]1OCCC[C@@H]1NC1CCN(C(=O)N(C)C)CC1. The fraction of sp³-hybridized carbons (Fsp3) is 0.778. The average Bonchev–Trinajstić information content (AvgIpc) is 3.10. The molecule has 3 rings (SSSR count). The number of imidazole rings is 1. The maximum Gasteiger partial charge on any atom is 0.319 e. The smallest absolute Gasteiger partial charge is 0.319 e. The molecule has 0 bridgehead atoms. The van der Waals surface area contributed by atoms with Crippen molar-refractivity contribution in [1.29, 1.82) is 0 Å². The minimum absolute atomic E-state index is 0.0186. The van der Waals surface area contributed by atoms with Crippen molar-refractivity contribution >= 4 is 6.03 Å². The van der Waals surface area contributed by atoms with Crippen molar-refractivity contribution in [2.24, 2.45) is 0 Å². The van der Waals surface area contributed by atoms with Crippen LogP contribution in [0.1, 0.15) is 44.5 Å². The number of aryl methyl sites for hydroxylation is 1. The van der Waals surface area contributed by atoms with Gasteiger partial charge in [-0.2, -0.15) is 0 Å². The number of urea groups is 1. The Balaban J connectivity index is 1.59. The summed E-state index contributed by atoms with van der Waals surface area (Å²) in [7, 11) is 3.62. The van der Waals surface area contributed by atoms with Crippen molar-refractivity contribution in [2.75, 3.05) is 33.8 Å². The van der Waals surface area contributed by atoms with E-state index in [2.05, 4.69) is 21.8 Å². The Bertz CT molecular complexity index is 566. The van der Waals surface area contributed by atoms with Gasteiger partial charge in [0.1, 0.15) is 11.9 Å². The van der Waals surface area contributed by atoms with E-state index in [1.807, 2.05) is 31.4 Å². The number of aromatic nitrogens is 2. The van der Waals surface area contributed by atoms with Gasteiger partial charge in [0.15, 0.2) is 0 Å². The number of ether oxygens (including phenoxy) is 1. The van der Waals surface area contributed by atoms with Gasteiger partial charge in [-0.1, -0.05) is 0 Å². The number of rotatable bonds is 4. The molecule has 0 saturated carbocycles. The normalized spacial score (nSPS) is 25.2. The highest BCUT2D eigenvalue weighted by Crippen LogP contribution is 2.28. The van der Waals surface area contributed by atoms with Crippen LogP contribution in [0.2, 0.25) is 0 Å². The molecule has 25 heavy (non-hydrogen) atoms. The predicted molar refractivity (Wildman–Crippen MR) is 96.4 cm³/mol. The highest BCUT2D eigenvalue weighted by Gasteiger charge is 2.33. The van der Waals surface area contributed by atoms with Crippen molar-refractivity contribution in [3.8, 4) is 0 Å². The molecule has 3 heterocycles. The number of piperidine rings is 1. The van der Waals surface area contributed by atoms with E-state index in [4.69, 9.17) is 4.74 Å². The second kappa shape index (κ2) is 8.19. The Hall–Kier alpha value is -1.60. The number of hydrogen-bond donors (Lipinski definition) is 1. The minimum Gasteiger partial charge on any atom is -0.369 e. The lowest BCUT2D eigenvalue weighted by molar-refractivity contribution is -0.0226. The minimum atomic E-state index is 0.0186.